The van der Waals surface area contributed by atoms with Crippen LogP contribution in [0.15, 0.2) is 30.3 Å². The molecule has 6 heteroatoms. The Morgan fingerprint density at radius 3 is 2.43 bits per heavy atom. The van der Waals surface area contributed by atoms with E-state index in [-0.39, 0.29) is 30.9 Å². The number of carbonyl (C=O) groups is 3. The minimum absolute atomic E-state index is 0.0455. The molecule has 0 spiro atoms. The van der Waals surface area contributed by atoms with E-state index in [1.165, 1.54) is 4.90 Å². The second-order valence-corrected chi connectivity index (χ2v) is 8.75. The summed E-state index contributed by atoms with van der Waals surface area (Å²) in [6.45, 7) is 9.51. The van der Waals surface area contributed by atoms with Crippen LogP contribution in [-0.4, -0.2) is 41.1 Å². The van der Waals surface area contributed by atoms with Gasteiger partial charge in [-0.25, -0.2) is 9.69 Å². The third kappa shape index (κ3) is 6.36. The number of rotatable bonds is 7. The Morgan fingerprint density at radius 2 is 1.86 bits per heavy atom. The van der Waals surface area contributed by atoms with Crippen LogP contribution in [0, 0.1) is 11.8 Å². The van der Waals surface area contributed by atoms with E-state index in [1.54, 1.807) is 20.8 Å². The van der Waals surface area contributed by atoms with Crippen molar-refractivity contribution in [2.75, 3.05) is 6.61 Å². The predicted molar refractivity (Wildman–Crippen MR) is 106 cm³/mol. The van der Waals surface area contributed by atoms with Crippen molar-refractivity contribution in [3.05, 3.63) is 35.9 Å². The Morgan fingerprint density at radius 1 is 1.21 bits per heavy atom. The fourth-order valence-electron chi connectivity index (χ4n) is 3.39. The van der Waals surface area contributed by atoms with Crippen molar-refractivity contribution < 1.29 is 23.9 Å². The smallest absolute Gasteiger partial charge is 0.416 e. The zero-order chi connectivity index (χ0) is 20.9. The van der Waals surface area contributed by atoms with Gasteiger partial charge in [-0.05, 0) is 45.1 Å². The largest absolute Gasteiger partial charge is 0.460 e. The monoisotopic (exact) mass is 389 g/mol. The second-order valence-electron chi connectivity index (χ2n) is 8.75. The summed E-state index contributed by atoms with van der Waals surface area (Å²) in [5.74, 6) is -1.21. The highest BCUT2D eigenvalue weighted by molar-refractivity contribution is 5.96. The molecule has 1 aromatic rings. The molecule has 1 fully saturated rings. The molecule has 1 aliphatic rings. The number of benzene rings is 1. The van der Waals surface area contributed by atoms with Crippen LogP contribution in [0.3, 0.4) is 0 Å². The van der Waals surface area contributed by atoms with Gasteiger partial charge in [0.2, 0.25) is 5.91 Å². The molecule has 2 amide bonds. The van der Waals surface area contributed by atoms with Crippen molar-refractivity contribution in [2.45, 2.75) is 65.5 Å². The van der Waals surface area contributed by atoms with Gasteiger partial charge in [-0.1, -0.05) is 44.2 Å². The van der Waals surface area contributed by atoms with Gasteiger partial charge < -0.3 is 9.47 Å². The lowest BCUT2D eigenvalue weighted by molar-refractivity contribution is -0.158. The maximum absolute atomic E-state index is 13.2. The lowest BCUT2D eigenvalue weighted by Gasteiger charge is -2.27. The van der Waals surface area contributed by atoms with Crippen molar-refractivity contribution in [2.24, 2.45) is 11.8 Å². The third-order valence-corrected chi connectivity index (χ3v) is 4.45. The van der Waals surface area contributed by atoms with Crippen LogP contribution in [0.4, 0.5) is 4.79 Å². The van der Waals surface area contributed by atoms with Crippen molar-refractivity contribution in [1.29, 1.82) is 0 Å². The molecule has 0 saturated carbocycles. The minimum atomic E-state index is -0.635. The molecule has 0 bridgehead atoms. The molecular formula is C22H31NO5. The normalized spacial score (nSPS) is 18.1. The summed E-state index contributed by atoms with van der Waals surface area (Å²) in [5.41, 5.74) is 0.404. The average Bonchev–Trinajstić information content (AvgIpc) is 2.93. The number of nitrogens with zero attached hydrogens (tertiary/aromatic N) is 1. The highest BCUT2D eigenvalue weighted by Crippen LogP contribution is 2.26. The molecule has 0 aromatic heterocycles. The molecule has 1 saturated heterocycles. The number of hydrogen-bond acceptors (Lipinski definition) is 5. The van der Waals surface area contributed by atoms with E-state index in [9.17, 15) is 14.4 Å². The highest BCUT2D eigenvalue weighted by Gasteiger charge is 2.41. The van der Waals surface area contributed by atoms with E-state index in [0.717, 1.165) is 5.56 Å². The number of amides is 2. The van der Waals surface area contributed by atoms with Gasteiger partial charge in [-0.3, -0.25) is 9.59 Å². The standard InChI is InChI=1S/C22H31NO5/c1-15(2)11-17(13-19(24)28-22(3,4)5)20(25)23-18(14-27-21(23)26)12-16-9-7-6-8-10-16/h6-10,15,17-18H,11-14H2,1-5H3/t17-,18?/m1/s1. The molecule has 2 rings (SSSR count). The van der Waals surface area contributed by atoms with E-state index >= 15 is 0 Å². The Hall–Kier alpha value is -2.37. The van der Waals surface area contributed by atoms with E-state index < -0.39 is 23.6 Å². The SMILES string of the molecule is CC(C)C[C@H](CC(=O)OC(C)(C)C)C(=O)N1C(=O)OCC1Cc1ccccc1. The molecule has 28 heavy (non-hydrogen) atoms. The van der Waals surface area contributed by atoms with E-state index in [2.05, 4.69) is 0 Å². The lowest BCUT2D eigenvalue weighted by atomic mass is 9.92. The Balaban J connectivity index is 2.15. The third-order valence-electron chi connectivity index (χ3n) is 4.45. The molecule has 0 N–H and O–H groups in total. The summed E-state index contributed by atoms with van der Waals surface area (Å²) in [4.78, 5) is 39.0. The summed E-state index contributed by atoms with van der Waals surface area (Å²) in [6.07, 6.45) is 0.346. The zero-order valence-corrected chi connectivity index (χ0v) is 17.4. The minimum Gasteiger partial charge on any atom is -0.460 e. The van der Waals surface area contributed by atoms with Crippen molar-refractivity contribution in [3.8, 4) is 0 Å². The van der Waals surface area contributed by atoms with Gasteiger partial charge >= 0.3 is 12.1 Å². The second kappa shape index (κ2) is 9.22. The molecule has 0 radical (unpaired) electrons. The summed E-state index contributed by atoms with van der Waals surface area (Å²) in [6, 6.07) is 9.31. The predicted octanol–water partition coefficient (Wildman–Crippen LogP) is 3.97. The van der Waals surface area contributed by atoms with Crippen LogP contribution in [0.1, 0.15) is 53.0 Å². The fourth-order valence-corrected chi connectivity index (χ4v) is 3.39. The number of ether oxygens (including phenoxy) is 2. The van der Waals surface area contributed by atoms with E-state index in [0.29, 0.717) is 12.8 Å². The number of carbonyl (C=O) groups excluding carboxylic acids is 3. The Labute approximate surface area is 167 Å². The Bertz CT molecular complexity index is 693. The maximum Gasteiger partial charge on any atom is 0.416 e. The summed E-state index contributed by atoms with van der Waals surface area (Å²) in [7, 11) is 0. The van der Waals surface area contributed by atoms with Gasteiger partial charge in [0.05, 0.1) is 12.5 Å². The molecule has 1 aromatic carbocycles. The first-order valence-corrected chi connectivity index (χ1v) is 9.82. The first-order chi connectivity index (χ1) is 13.1. The number of hydrogen-bond donors (Lipinski definition) is 0. The topological polar surface area (TPSA) is 72.9 Å². The Kier molecular flexibility index (Phi) is 7.22. The van der Waals surface area contributed by atoms with Gasteiger partial charge in [-0.2, -0.15) is 0 Å². The summed E-state index contributed by atoms with van der Waals surface area (Å²) < 4.78 is 10.5. The number of esters is 1. The molecule has 6 nitrogen and oxygen atoms in total. The van der Waals surface area contributed by atoms with Gasteiger partial charge in [0, 0.05) is 5.92 Å². The zero-order valence-electron chi connectivity index (χ0n) is 17.4. The van der Waals surface area contributed by atoms with Crippen molar-refractivity contribution >= 4 is 18.0 Å². The van der Waals surface area contributed by atoms with Crippen molar-refractivity contribution in [3.63, 3.8) is 0 Å². The fraction of sp³-hybridized carbons (Fsp3) is 0.591. The molecule has 2 atom stereocenters. The van der Waals surface area contributed by atoms with Gasteiger partial charge in [0.15, 0.2) is 0 Å². The lowest BCUT2D eigenvalue weighted by Crippen LogP contribution is -2.44. The molecule has 1 heterocycles. The molecule has 1 aliphatic heterocycles. The van der Waals surface area contributed by atoms with Crippen LogP contribution in [-0.2, 0) is 25.5 Å². The number of cyclic esters (lactones) is 1. The van der Waals surface area contributed by atoms with Crippen LogP contribution in [0.5, 0.6) is 0 Å². The quantitative estimate of drug-likeness (QED) is 0.660. The molecule has 0 aliphatic carbocycles. The summed E-state index contributed by atoms with van der Waals surface area (Å²) in [5, 5.41) is 0. The van der Waals surface area contributed by atoms with Crippen LogP contribution < -0.4 is 0 Å². The first-order valence-electron chi connectivity index (χ1n) is 9.82. The number of imide groups is 1. The van der Waals surface area contributed by atoms with Crippen LogP contribution in [0.25, 0.3) is 0 Å². The van der Waals surface area contributed by atoms with E-state index in [1.807, 2.05) is 44.2 Å². The van der Waals surface area contributed by atoms with Crippen LogP contribution >= 0.6 is 0 Å². The highest BCUT2D eigenvalue weighted by atomic mass is 16.6. The van der Waals surface area contributed by atoms with Crippen LogP contribution in [0.2, 0.25) is 0 Å². The first kappa shape index (κ1) is 21.9. The van der Waals surface area contributed by atoms with Gasteiger partial charge in [0.25, 0.3) is 0 Å². The maximum atomic E-state index is 13.2. The van der Waals surface area contributed by atoms with E-state index in [4.69, 9.17) is 9.47 Å². The molecular weight excluding hydrogens is 358 g/mol. The van der Waals surface area contributed by atoms with Gasteiger partial charge in [0.1, 0.15) is 12.2 Å². The summed E-state index contributed by atoms with van der Waals surface area (Å²) >= 11 is 0. The average molecular weight is 389 g/mol. The van der Waals surface area contributed by atoms with Gasteiger partial charge in [-0.15, -0.1) is 0 Å². The molecule has 154 valence electrons. The molecule has 1 unspecified atom stereocenters. The van der Waals surface area contributed by atoms with Crippen molar-refractivity contribution in [1.82, 2.24) is 4.90 Å².